The van der Waals surface area contributed by atoms with E-state index in [1.807, 2.05) is 56.3 Å². The highest BCUT2D eigenvalue weighted by atomic mass is 32.2. The minimum absolute atomic E-state index is 0.196. The predicted molar refractivity (Wildman–Crippen MR) is 142 cm³/mol. The molecule has 8 nitrogen and oxygen atoms in total. The molecular formula is C27H31N3O5S. The van der Waals surface area contributed by atoms with Crippen LogP contribution in [0.5, 0.6) is 11.5 Å². The average molecular weight is 510 g/mol. The van der Waals surface area contributed by atoms with E-state index in [1.54, 1.807) is 30.3 Å². The van der Waals surface area contributed by atoms with Crippen molar-refractivity contribution >= 4 is 27.8 Å². The Bertz CT molecular complexity index is 1280. The minimum atomic E-state index is -3.52. The lowest BCUT2D eigenvalue weighted by atomic mass is 10.2. The van der Waals surface area contributed by atoms with Crippen LogP contribution < -0.4 is 19.2 Å². The number of hydrazone groups is 1. The van der Waals surface area contributed by atoms with Crippen LogP contribution in [0.1, 0.15) is 41.8 Å². The molecule has 0 fully saturated rings. The second-order valence-electron chi connectivity index (χ2n) is 7.99. The van der Waals surface area contributed by atoms with Gasteiger partial charge >= 0.3 is 0 Å². The van der Waals surface area contributed by atoms with Crippen LogP contribution in [0.2, 0.25) is 0 Å². The molecule has 0 radical (unpaired) electrons. The number of nitrogens with zero attached hydrogens (tertiary/aromatic N) is 2. The molecule has 9 heteroatoms. The molecule has 0 saturated carbocycles. The number of hydrogen-bond acceptors (Lipinski definition) is 6. The van der Waals surface area contributed by atoms with Gasteiger partial charge in [-0.15, -0.1) is 0 Å². The molecule has 0 aliphatic rings. The van der Waals surface area contributed by atoms with Crippen molar-refractivity contribution in [3.8, 4) is 11.5 Å². The van der Waals surface area contributed by atoms with E-state index in [0.717, 1.165) is 23.8 Å². The van der Waals surface area contributed by atoms with Gasteiger partial charge in [-0.1, -0.05) is 37.3 Å². The zero-order valence-corrected chi connectivity index (χ0v) is 21.5. The SMILES string of the molecule is CCCOc1ccc(/C=N\NC(=O)c2ccc(N(Cc3ccccc3)S(C)(=O)=O)cc2)cc1OCC. The first-order valence-electron chi connectivity index (χ1n) is 11.7. The molecule has 36 heavy (non-hydrogen) atoms. The van der Waals surface area contributed by atoms with E-state index < -0.39 is 15.9 Å². The maximum absolute atomic E-state index is 12.5. The fourth-order valence-electron chi connectivity index (χ4n) is 3.36. The van der Waals surface area contributed by atoms with Crippen molar-refractivity contribution in [2.45, 2.75) is 26.8 Å². The summed E-state index contributed by atoms with van der Waals surface area (Å²) in [6.07, 6.45) is 3.56. The lowest BCUT2D eigenvalue weighted by Gasteiger charge is -2.22. The largest absolute Gasteiger partial charge is 0.490 e. The van der Waals surface area contributed by atoms with E-state index in [0.29, 0.717) is 36.0 Å². The molecule has 0 atom stereocenters. The van der Waals surface area contributed by atoms with Crippen LogP contribution in [0.4, 0.5) is 5.69 Å². The number of amides is 1. The van der Waals surface area contributed by atoms with Gasteiger partial charge in [-0.05, 0) is 66.9 Å². The standard InChI is InChI=1S/C27H31N3O5S/c1-4-17-35-25-16-11-22(18-26(25)34-5-2)19-28-29-27(31)23-12-14-24(15-13-23)30(36(3,32)33)20-21-9-7-6-8-10-21/h6-16,18-19H,4-5,17,20H2,1-3H3,(H,29,31)/b28-19-. The highest BCUT2D eigenvalue weighted by molar-refractivity contribution is 7.92. The van der Waals surface area contributed by atoms with Gasteiger partial charge in [0.2, 0.25) is 10.0 Å². The van der Waals surface area contributed by atoms with Crippen LogP contribution in [0.15, 0.2) is 77.9 Å². The van der Waals surface area contributed by atoms with Gasteiger partial charge in [0.05, 0.1) is 37.9 Å². The number of rotatable bonds is 12. The molecule has 190 valence electrons. The molecule has 3 rings (SSSR count). The molecule has 1 N–H and O–H groups in total. The molecule has 0 unspecified atom stereocenters. The second kappa shape index (κ2) is 12.7. The average Bonchev–Trinajstić information content (AvgIpc) is 2.87. The predicted octanol–water partition coefficient (Wildman–Crippen LogP) is 4.60. The van der Waals surface area contributed by atoms with Crippen molar-refractivity contribution in [1.82, 2.24) is 5.43 Å². The van der Waals surface area contributed by atoms with Gasteiger partial charge in [-0.25, -0.2) is 13.8 Å². The topological polar surface area (TPSA) is 97.3 Å². The minimum Gasteiger partial charge on any atom is -0.490 e. The summed E-state index contributed by atoms with van der Waals surface area (Å²) in [4.78, 5) is 12.5. The molecule has 0 aliphatic heterocycles. The Hall–Kier alpha value is -3.85. The zero-order valence-electron chi connectivity index (χ0n) is 20.7. The summed E-state index contributed by atoms with van der Waals surface area (Å²) >= 11 is 0. The number of carbonyl (C=O) groups is 1. The quantitative estimate of drug-likeness (QED) is 0.284. The van der Waals surface area contributed by atoms with Crippen molar-refractivity contribution in [2.24, 2.45) is 5.10 Å². The van der Waals surface area contributed by atoms with Crippen molar-refractivity contribution in [2.75, 3.05) is 23.8 Å². The van der Waals surface area contributed by atoms with Crippen LogP contribution in [0.3, 0.4) is 0 Å². The Kier molecular flexibility index (Phi) is 9.46. The summed E-state index contributed by atoms with van der Waals surface area (Å²) in [5.41, 5.74) is 4.91. The number of ether oxygens (including phenoxy) is 2. The highest BCUT2D eigenvalue weighted by Gasteiger charge is 2.18. The normalized spacial score (nSPS) is 11.3. The smallest absolute Gasteiger partial charge is 0.271 e. The van der Waals surface area contributed by atoms with Gasteiger partial charge in [0.25, 0.3) is 5.91 Å². The van der Waals surface area contributed by atoms with Gasteiger partial charge < -0.3 is 9.47 Å². The molecule has 0 aliphatic carbocycles. The van der Waals surface area contributed by atoms with Gasteiger partial charge in [-0.2, -0.15) is 5.10 Å². The highest BCUT2D eigenvalue weighted by Crippen LogP contribution is 2.28. The van der Waals surface area contributed by atoms with E-state index in [4.69, 9.17) is 9.47 Å². The maximum Gasteiger partial charge on any atom is 0.271 e. The van der Waals surface area contributed by atoms with E-state index in [1.165, 1.54) is 10.5 Å². The van der Waals surface area contributed by atoms with E-state index in [-0.39, 0.29) is 6.54 Å². The Balaban J connectivity index is 1.67. The summed E-state index contributed by atoms with van der Waals surface area (Å²) in [6.45, 7) is 5.21. The first kappa shape index (κ1) is 26.7. The third kappa shape index (κ3) is 7.58. The van der Waals surface area contributed by atoms with Crippen molar-refractivity contribution in [1.29, 1.82) is 0 Å². The second-order valence-corrected chi connectivity index (χ2v) is 9.90. The number of anilines is 1. The van der Waals surface area contributed by atoms with Crippen LogP contribution in [0, 0.1) is 0 Å². The lowest BCUT2D eigenvalue weighted by molar-refractivity contribution is 0.0955. The molecule has 0 heterocycles. The Morgan fingerprint density at radius 1 is 0.972 bits per heavy atom. The molecule has 1 amide bonds. The molecule has 0 bridgehead atoms. The van der Waals surface area contributed by atoms with Gasteiger partial charge in [0.15, 0.2) is 11.5 Å². The summed E-state index contributed by atoms with van der Waals surface area (Å²) in [5.74, 6) is 0.859. The fourth-order valence-corrected chi connectivity index (χ4v) is 4.25. The van der Waals surface area contributed by atoms with Gasteiger partial charge in [-0.3, -0.25) is 9.10 Å². The number of benzene rings is 3. The molecular weight excluding hydrogens is 478 g/mol. The summed E-state index contributed by atoms with van der Waals surface area (Å²) < 4.78 is 37.4. The summed E-state index contributed by atoms with van der Waals surface area (Å²) in [5, 5.41) is 4.04. The summed E-state index contributed by atoms with van der Waals surface area (Å²) in [7, 11) is -3.52. The zero-order chi connectivity index (χ0) is 26.0. The number of sulfonamides is 1. The van der Waals surface area contributed by atoms with Gasteiger partial charge in [0.1, 0.15) is 0 Å². The van der Waals surface area contributed by atoms with Crippen molar-refractivity contribution in [3.05, 3.63) is 89.5 Å². The molecule has 3 aromatic rings. The Morgan fingerprint density at radius 3 is 2.33 bits per heavy atom. The van der Waals surface area contributed by atoms with Crippen molar-refractivity contribution in [3.63, 3.8) is 0 Å². The van der Waals surface area contributed by atoms with Crippen LogP contribution in [-0.4, -0.2) is 40.0 Å². The monoisotopic (exact) mass is 509 g/mol. The first-order valence-corrected chi connectivity index (χ1v) is 13.5. The van der Waals surface area contributed by atoms with E-state index in [9.17, 15) is 13.2 Å². The molecule has 3 aromatic carbocycles. The third-order valence-electron chi connectivity index (χ3n) is 5.10. The van der Waals surface area contributed by atoms with Crippen LogP contribution >= 0.6 is 0 Å². The number of hydrogen-bond donors (Lipinski definition) is 1. The number of carbonyl (C=O) groups excluding carboxylic acids is 1. The van der Waals surface area contributed by atoms with E-state index >= 15 is 0 Å². The van der Waals surface area contributed by atoms with E-state index in [2.05, 4.69) is 10.5 Å². The molecule has 0 aromatic heterocycles. The summed E-state index contributed by atoms with van der Waals surface area (Å²) in [6, 6.07) is 21.1. The Morgan fingerprint density at radius 2 is 1.69 bits per heavy atom. The number of nitrogens with one attached hydrogen (secondary N) is 1. The van der Waals surface area contributed by atoms with Gasteiger partial charge in [0, 0.05) is 5.56 Å². The molecule has 0 saturated heterocycles. The van der Waals surface area contributed by atoms with Crippen molar-refractivity contribution < 1.29 is 22.7 Å². The first-order chi connectivity index (χ1) is 17.3. The van der Waals surface area contributed by atoms with Crippen LogP contribution in [-0.2, 0) is 16.6 Å². The van der Waals surface area contributed by atoms with Crippen LogP contribution in [0.25, 0.3) is 0 Å². The Labute approximate surface area is 212 Å². The maximum atomic E-state index is 12.5. The third-order valence-corrected chi connectivity index (χ3v) is 6.24. The lowest BCUT2D eigenvalue weighted by Crippen LogP contribution is -2.29. The fraction of sp³-hybridized carbons (Fsp3) is 0.259. The molecule has 0 spiro atoms.